The van der Waals surface area contributed by atoms with Gasteiger partial charge in [-0.05, 0) is 43.4 Å². The Labute approximate surface area is 172 Å². The molecule has 156 valence electrons. The zero-order chi connectivity index (χ0) is 21.1. The fourth-order valence-corrected chi connectivity index (χ4v) is 3.40. The van der Waals surface area contributed by atoms with Crippen LogP contribution in [0.25, 0.3) is 11.3 Å². The van der Waals surface area contributed by atoms with E-state index in [0.717, 1.165) is 24.7 Å². The fraction of sp³-hybridized carbons (Fsp3) is 0.286. The molecule has 0 saturated carbocycles. The Bertz CT molecular complexity index is 1000. The zero-order valence-corrected chi connectivity index (χ0v) is 16.4. The van der Waals surface area contributed by atoms with E-state index < -0.39 is 11.7 Å². The average Bonchev–Trinajstić information content (AvgIpc) is 2.75. The highest BCUT2D eigenvalue weighted by atomic mass is 19.4. The molecule has 0 amide bonds. The van der Waals surface area contributed by atoms with Crippen molar-refractivity contribution in [3.05, 3.63) is 60.6 Å². The average molecular weight is 414 g/mol. The van der Waals surface area contributed by atoms with Crippen LogP contribution in [0.2, 0.25) is 0 Å². The minimum Gasteiger partial charge on any atom is -0.368 e. The fourth-order valence-electron chi connectivity index (χ4n) is 3.40. The highest BCUT2D eigenvalue weighted by Crippen LogP contribution is 2.39. The number of nitrogens with zero attached hydrogens (tertiary/aromatic N) is 5. The number of likely N-dealkylation sites (N-methyl/N-ethyl adjacent to an activating group) is 1. The van der Waals surface area contributed by atoms with Crippen molar-refractivity contribution >= 4 is 17.3 Å². The number of aromatic nitrogens is 3. The second kappa shape index (κ2) is 8.27. The van der Waals surface area contributed by atoms with E-state index >= 15 is 0 Å². The van der Waals surface area contributed by atoms with Gasteiger partial charge in [0, 0.05) is 61.7 Å². The number of hydrogen-bond acceptors (Lipinski definition) is 6. The lowest BCUT2D eigenvalue weighted by molar-refractivity contribution is -0.137. The number of hydrogen-bond donors (Lipinski definition) is 1. The predicted octanol–water partition coefficient (Wildman–Crippen LogP) is 4.05. The van der Waals surface area contributed by atoms with Crippen molar-refractivity contribution in [2.24, 2.45) is 0 Å². The monoisotopic (exact) mass is 414 g/mol. The number of piperazine rings is 1. The van der Waals surface area contributed by atoms with Gasteiger partial charge in [-0.15, -0.1) is 0 Å². The van der Waals surface area contributed by atoms with Crippen molar-refractivity contribution in [2.75, 3.05) is 43.4 Å². The molecule has 1 saturated heterocycles. The van der Waals surface area contributed by atoms with Gasteiger partial charge in [-0.2, -0.15) is 13.2 Å². The Morgan fingerprint density at radius 1 is 0.933 bits per heavy atom. The Morgan fingerprint density at radius 3 is 2.37 bits per heavy atom. The van der Waals surface area contributed by atoms with E-state index in [-0.39, 0.29) is 17.3 Å². The lowest BCUT2D eigenvalue weighted by atomic mass is 10.1. The zero-order valence-electron chi connectivity index (χ0n) is 16.4. The normalized spacial score (nSPS) is 15.3. The lowest BCUT2D eigenvalue weighted by Gasteiger charge is -2.35. The number of halogens is 3. The maximum atomic E-state index is 13.8. The summed E-state index contributed by atoms with van der Waals surface area (Å²) in [5.41, 5.74) is 1.32. The number of nitrogens with one attached hydrogen (secondary N) is 1. The molecule has 1 aliphatic rings. The number of alkyl halides is 3. The number of rotatable bonds is 4. The molecular weight excluding hydrogens is 393 g/mol. The molecule has 3 heterocycles. The first kappa shape index (κ1) is 20.1. The van der Waals surface area contributed by atoms with Gasteiger partial charge in [0.05, 0.1) is 11.3 Å². The van der Waals surface area contributed by atoms with E-state index in [1.54, 1.807) is 47.8 Å². The molecule has 6 nitrogen and oxygen atoms in total. The standard InChI is InChI=1S/C21H21F3N6/c1-29-10-12-30(13-11-29)19-3-2-16(14-17(19)21(22,23)24)27-20-26-9-6-18(28-20)15-4-7-25-8-5-15/h2-9,14H,10-13H2,1H3,(H,26,27,28). The van der Waals surface area contributed by atoms with Gasteiger partial charge >= 0.3 is 6.18 Å². The van der Waals surface area contributed by atoms with Crippen LogP contribution in [0.15, 0.2) is 55.0 Å². The van der Waals surface area contributed by atoms with E-state index in [1.165, 1.54) is 6.07 Å². The van der Waals surface area contributed by atoms with Crippen LogP contribution in [-0.4, -0.2) is 53.1 Å². The number of anilines is 3. The summed E-state index contributed by atoms with van der Waals surface area (Å²) >= 11 is 0. The molecule has 2 aromatic heterocycles. The quantitative estimate of drug-likeness (QED) is 0.695. The van der Waals surface area contributed by atoms with Gasteiger partial charge in [0.2, 0.25) is 5.95 Å². The van der Waals surface area contributed by atoms with Crippen LogP contribution < -0.4 is 10.2 Å². The highest BCUT2D eigenvalue weighted by Gasteiger charge is 2.35. The smallest absolute Gasteiger partial charge is 0.368 e. The summed E-state index contributed by atoms with van der Waals surface area (Å²) in [5.74, 6) is 0.227. The minimum atomic E-state index is -4.46. The Hall–Kier alpha value is -3.20. The molecule has 1 fully saturated rings. The molecule has 3 aromatic rings. The third-order valence-electron chi connectivity index (χ3n) is 5.03. The molecule has 0 atom stereocenters. The van der Waals surface area contributed by atoms with Gasteiger partial charge in [-0.25, -0.2) is 9.97 Å². The molecule has 0 radical (unpaired) electrons. The van der Waals surface area contributed by atoms with Crippen molar-refractivity contribution in [2.45, 2.75) is 6.18 Å². The van der Waals surface area contributed by atoms with Crippen LogP contribution in [0.5, 0.6) is 0 Å². The SMILES string of the molecule is CN1CCN(c2ccc(Nc3nccc(-c4ccncc4)n3)cc2C(F)(F)F)CC1. The van der Waals surface area contributed by atoms with Crippen molar-refractivity contribution in [1.82, 2.24) is 19.9 Å². The Morgan fingerprint density at radius 2 is 1.67 bits per heavy atom. The third kappa shape index (κ3) is 4.51. The maximum absolute atomic E-state index is 13.8. The number of benzene rings is 1. The van der Waals surface area contributed by atoms with Crippen LogP contribution in [0.4, 0.5) is 30.5 Å². The highest BCUT2D eigenvalue weighted by molar-refractivity contribution is 5.66. The van der Waals surface area contributed by atoms with E-state index in [4.69, 9.17) is 0 Å². The Kier molecular flexibility index (Phi) is 5.54. The van der Waals surface area contributed by atoms with Gasteiger partial charge in [0.1, 0.15) is 0 Å². The summed E-state index contributed by atoms with van der Waals surface area (Å²) in [4.78, 5) is 16.4. The van der Waals surface area contributed by atoms with E-state index in [1.807, 2.05) is 7.05 Å². The lowest BCUT2D eigenvalue weighted by Crippen LogP contribution is -2.45. The summed E-state index contributed by atoms with van der Waals surface area (Å²) in [6.45, 7) is 2.58. The van der Waals surface area contributed by atoms with Crippen LogP contribution in [0.1, 0.15) is 5.56 Å². The topological polar surface area (TPSA) is 57.2 Å². The summed E-state index contributed by atoms with van der Waals surface area (Å²) in [7, 11) is 1.97. The van der Waals surface area contributed by atoms with Crippen LogP contribution in [0, 0.1) is 0 Å². The molecule has 4 rings (SSSR count). The van der Waals surface area contributed by atoms with Crippen molar-refractivity contribution < 1.29 is 13.2 Å². The van der Waals surface area contributed by atoms with Gasteiger partial charge in [0.15, 0.2) is 0 Å². The first-order valence-electron chi connectivity index (χ1n) is 9.55. The largest absolute Gasteiger partial charge is 0.418 e. The van der Waals surface area contributed by atoms with Crippen molar-refractivity contribution in [1.29, 1.82) is 0 Å². The van der Waals surface area contributed by atoms with Crippen LogP contribution in [-0.2, 0) is 6.18 Å². The molecular formula is C21H21F3N6. The molecule has 0 spiro atoms. The van der Waals surface area contributed by atoms with E-state index in [2.05, 4.69) is 25.2 Å². The molecule has 1 N–H and O–H groups in total. The molecule has 30 heavy (non-hydrogen) atoms. The molecule has 9 heteroatoms. The molecule has 1 aliphatic heterocycles. The first-order chi connectivity index (χ1) is 14.4. The van der Waals surface area contributed by atoms with Crippen molar-refractivity contribution in [3.63, 3.8) is 0 Å². The van der Waals surface area contributed by atoms with Crippen molar-refractivity contribution in [3.8, 4) is 11.3 Å². The predicted molar refractivity (Wildman–Crippen MR) is 110 cm³/mol. The third-order valence-corrected chi connectivity index (χ3v) is 5.03. The van der Waals surface area contributed by atoms with E-state index in [0.29, 0.717) is 18.8 Å². The second-order valence-electron chi connectivity index (χ2n) is 7.15. The Balaban J connectivity index is 1.61. The molecule has 0 unspecified atom stereocenters. The minimum absolute atomic E-state index is 0.201. The van der Waals surface area contributed by atoms with Crippen LogP contribution in [0.3, 0.4) is 0 Å². The van der Waals surface area contributed by atoms with E-state index in [9.17, 15) is 13.2 Å². The van der Waals surface area contributed by atoms with Crippen LogP contribution >= 0.6 is 0 Å². The first-order valence-corrected chi connectivity index (χ1v) is 9.55. The van der Waals surface area contributed by atoms with Gasteiger partial charge < -0.3 is 15.1 Å². The van der Waals surface area contributed by atoms with Gasteiger partial charge in [-0.1, -0.05) is 0 Å². The molecule has 1 aromatic carbocycles. The van der Waals surface area contributed by atoms with Gasteiger partial charge in [0.25, 0.3) is 0 Å². The maximum Gasteiger partial charge on any atom is 0.418 e. The summed E-state index contributed by atoms with van der Waals surface area (Å²) < 4.78 is 41.3. The summed E-state index contributed by atoms with van der Waals surface area (Å²) in [5, 5.41) is 2.90. The van der Waals surface area contributed by atoms with Gasteiger partial charge in [-0.3, -0.25) is 4.98 Å². The number of pyridine rings is 1. The molecule has 0 bridgehead atoms. The summed E-state index contributed by atoms with van der Waals surface area (Å²) in [6.07, 6.45) is 0.402. The summed E-state index contributed by atoms with van der Waals surface area (Å²) in [6, 6.07) is 9.61. The molecule has 0 aliphatic carbocycles. The second-order valence-corrected chi connectivity index (χ2v) is 7.15.